The second kappa shape index (κ2) is 7.50. The summed E-state index contributed by atoms with van der Waals surface area (Å²) in [5.41, 5.74) is 3.00. The molecule has 2 N–H and O–H groups in total. The summed E-state index contributed by atoms with van der Waals surface area (Å²) in [4.78, 5) is 0. The van der Waals surface area contributed by atoms with Gasteiger partial charge >= 0.3 is 0 Å². The summed E-state index contributed by atoms with van der Waals surface area (Å²) in [6, 6.07) is 9.24. The number of thiocarbonyl (C=S) groups is 1. The highest BCUT2D eigenvalue weighted by atomic mass is 32.1. The molecule has 142 valence electrons. The van der Waals surface area contributed by atoms with E-state index < -0.39 is 0 Å². The van der Waals surface area contributed by atoms with E-state index in [-0.39, 0.29) is 0 Å². The van der Waals surface area contributed by atoms with Gasteiger partial charge in [-0.05, 0) is 111 Å². The van der Waals surface area contributed by atoms with E-state index in [0.717, 1.165) is 28.6 Å². The Morgan fingerprint density at radius 1 is 1.08 bits per heavy atom. The van der Waals surface area contributed by atoms with Crippen LogP contribution >= 0.6 is 12.2 Å². The fraction of sp³-hybridized carbons (Fsp3) is 0.696. The molecule has 0 heterocycles. The van der Waals surface area contributed by atoms with Gasteiger partial charge in [0, 0.05) is 11.7 Å². The fourth-order valence-corrected chi connectivity index (χ4v) is 6.66. The molecule has 5 rings (SSSR count). The van der Waals surface area contributed by atoms with Crippen molar-refractivity contribution in [1.29, 1.82) is 0 Å². The quantitative estimate of drug-likeness (QED) is 0.608. The molecule has 0 saturated heterocycles. The average Bonchev–Trinajstić information content (AvgIpc) is 2.60. The van der Waals surface area contributed by atoms with Crippen LogP contribution in [0.3, 0.4) is 0 Å². The molecule has 1 atom stereocenters. The molecule has 0 radical (unpaired) electrons. The standard InChI is InChI=1S/C23H34N2S/c1-3-4-5-17-6-8-21(9-7-17)25-22(26)24-16(2)23-13-18-10-19(14-23)12-20(11-18)15-23/h6-9,16,18-20H,3-5,10-15H2,1-2H3,(H2,24,25,26). The largest absolute Gasteiger partial charge is 0.359 e. The van der Waals surface area contributed by atoms with Crippen molar-refractivity contribution in [3.63, 3.8) is 0 Å². The SMILES string of the molecule is CCCCc1ccc(NC(=S)NC(C)C23CC4CC(CC(C4)C2)C3)cc1. The molecule has 4 bridgehead atoms. The number of hydrogen-bond acceptors (Lipinski definition) is 1. The van der Waals surface area contributed by atoms with E-state index in [1.165, 1.54) is 63.4 Å². The highest BCUT2D eigenvalue weighted by molar-refractivity contribution is 7.80. The van der Waals surface area contributed by atoms with Crippen molar-refractivity contribution in [3.05, 3.63) is 29.8 Å². The minimum Gasteiger partial charge on any atom is -0.359 e. The molecule has 2 nitrogen and oxygen atoms in total. The number of benzene rings is 1. The highest BCUT2D eigenvalue weighted by Crippen LogP contribution is 2.61. The zero-order valence-corrected chi connectivity index (χ0v) is 17.2. The lowest BCUT2D eigenvalue weighted by Gasteiger charge is -2.59. The fourth-order valence-electron chi connectivity index (χ4n) is 6.36. The van der Waals surface area contributed by atoms with Gasteiger partial charge in [-0.15, -0.1) is 0 Å². The molecule has 0 aliphatic heterocycles. The van der Waals surface area contributed by atoms with Gasteiger partial charge in [-0.1, -0.05) is 25.5 Å². The Bertz CT molecular complexity index is 601. The van der Waals surface area contributed by atoms with Crippen LogP contribution in [0, 0.1) is 23.2 Å². The third kappa shape index (κ3) is 3.78. The topological polar surface area (TPSA) is 24.1 Å². The molecule has 4 aliphatic rings. The van der Waals surface area contributed by atoms with Crippen LogP contribution in [-0.2, 0) is 6.42 Å². The van der Waals surface area contributed by atoms with Crippen molar-refractivity contribution in [2.75, 3.05) is 5.32 Å². The van der Waals surface area contributed by atoms with Crippen LogP contribution in [0.2, 0.25) is 0 Å². The molecule has 4 aliphatic carbocycles. The van der Waals surface area contributed by atoms with Crippen molar-refractivity contribution in [2.45, 2.75) is 77.7 Å². The van der Waals surface area contributed by atoms with Gasteiger partial charge in [0.1, 0.15) is 0 Å². The third-order valence-corrected chi connectivity index (χ3v) is 7.60. The van der Waals surface area contributed by atoms with E-state index in [0.29, 0.717) is 11.5 Å². The van der Waals surface area contributed by atoms with Gasteiger partial charge in [0.15, 0.2) is 5.11 Å². The zero-order chi connectivity index (χ0) is 18.1. The third-order valence-electron chi connectivity index (χ3n) is 7.38. The number of aryl methyl sites for hydroxylation is 1. The maximum atomic E-state index is 5.65. The van der Waals surface area contributed by atoms with Crippen LogP contribution < -0.4 is 10.6 Å². The first-order valence-electron chi connectivity index (χ1n) is 10.7. The highest BCUT2D eigenvalue weighted by Gasteiger charge is 2.53. The first-order chi connectivity index (χ1) is 12.6. The van der Waals surface area contributed by atoms with Crippen molar-refractivity contribution in [1.82, 2.24) is 5.32 Å². The summed E-state index contributed by atoms with van der Waals surface area (Å²) < 4.78 is 0. The van der Waals surface area contributed by atoms with Gasteiger partial charge in [0.05, 0.1) is 0 Å². The number of unbranched alkanes of at least 4 members (excludes halogenated alkanes) is 1. The molecular weight excluding hydrogens is 336 g/mol. The Kier molecular flexibility index (Phi) is 5.27. The van der Waals surface area contributed by atoms with Crippen LogP contribution in [0.25, 0.3) is 0 Å². The Labute approximate surface area is 164 Å². The van der Waals surface area contributed by atoms with Gasteiger partial charge in [0.2, 0.25) is 0 Å². The van der Waals surface area contributed by atoms with E-state index in [1.807, 2.05) is 0 Å². The van der Waals surface area contributed by atoms with Crippen molar-refractivity contribution < 1.29 is 0 Å². The first-order valence-corrected chi connectivity index (χ1v) is 11.1. The van der Waals surface area contributed by atoms with E-state index >= 15 is 0 Å². The van der Waals surface area contributed by atoms with E-state index in [1.54, 1.807) is 0 Å². The Morgan fingerprint density at radius 2 is 1.65 bits per heavy atom. The van der Waals surface area contributed by atoms with Gasteiger partial charge < -0.3 is 10.6 Å². The van der Waals surface area contributed by atoms with Crippen molar-refractivity contribution in [2.24, 2.45) is 23.2 Å². The molecule has 1 aromatic rings. The van der Waals surface area contributed by atoms with E-state index in [9.17, 15) is 0 Å². The van der Waals surface area contributed by atoms with Gasteiger partial charge in [-0.3, -0.25) is 0 Å². The van der Waals surface area contributed by atoms with E-state index in [2.05, 4.69) is 48.7 Å². The van der Waals surface area contributed by atoms with Crippen LogP contribution in [0.4, 0.5) is 5.69 Å². The maximum absolute atomic E-state index is 5.65. The molecule has 26 heavy (non-hydrogen) atoms. The Hall–Kier alpha value is -1.09. The number of hydrogen-bond donors (Lipinski definition) is 2. The molecule has 0 amide bonds. The number of nitrogens with one attached hydrogen (secondary N) is 2. The second-order valence-corrected chi connectivity index (χ2v) is 9.81. The predicted octanol–water partition coefficient (Wildman–Crippen LogP) is 5.92. The summed E-state index contributed by atoms with van der Waals surface area (Å²) in [5, 5.41) is 7.85. The van der Waals surface area contributed by atoms with E-state index in [4.69, 9.17) is 12.2 Å². The molecule has 0 aromatic heterocycles. The summed E-state index contributed by atoms with van der Waals surface area (Å²) in [5.74, 6) is 2.97. The van der Waals surface area contributed by atoms with Gasteiger partial charge in [0.25, 0.3) is 0 Å². The first kappa shape index (κ1) is 18.3. The Morgan fingerprint density at radius 3 is 2.19 bits per heavy atom. The predicted molar refractivity (Wildman–Crippen MR) is 114 cm³/mol. The lowest BCUT2D eigenvalue weighted by molar-refractivity contribution is -0.0671. The summed E-state index contributed by atoms with van der Waals surface area (Å²) in [7, 11) is 0. The molecule has 3 heteroatoms. The second-order valence-electron chi connectivity index (χ2n) is 9.40. The lowest BCUT2D eigenvalue weighted by atomic mass is 9.48. The molecule has 1 aromatic carbocycles. The Balaban J connectivity index is 1.33. The van der Waals surface area contributed by atoms with Gasteiger partial charge in [-0.2, -0.15) is 0 Å². The number of rotatable bonds is 6. The minimum absolute atomic E-state index is 0.472. The maximum Gasteiger partial charge on any atom is 0.171 e. The molecule has 1 unspecified atom stereocenters. The zero-order valence-electron chi connectivity index (χ0n) is 16.4. The monoisotopic (exact) mass is 370 g/mol. The van der Waals surface area contributed by atoms with Crippen LogP contribution in [0.15, 0.2) is 24.3 Å². The summed E-state index contributed by atoms with van der Waals surface area (Å²) >= 11 is 5.65. The van der Waals surface area contributed by atoms with Crippen molar-refractivity contribution in [3.8, 4) is 0 Å². The number of anilines is 1. The lowest BCUT2D eigenvalue weighted by Crippen LogP contribution is -2.56. The van der Waals surface area contributed by atoms with Crippen LogP contribution in [-0.4, -0.2) is 11.2 Å². The normalized spacial score (nSPS) is 33.1. The molecule has 0 spiro atoms. The smallest absolute Gasteiger partial charge is 0.171 e. The molecule has 4 fully saturated rings. The van der Waals surface area contributed by atoms with Crippen LogP contribution in [0.5, 0.6) is 0 Å². The van der Waals surface area contributed by atoms with Gasteiger partial charge in [-0.25, -0.2) is 0 Å². The summed E-state index contributed by atoms with van der Waals surface area (Å²) in [6.45, 7) is 4.61. The summed E-state index contributed by atoms with van der Waals surface area (Å²) in [6.07, 6.45) is 12.4. The molecular formula is C23H34N2S. The van der Waals surface area contributed by atoms with Crippen molar-refractivity contribution >= 4 is 23.0 Å². The average molecular weight is 371 g/mol. The minimum atomic E-state index is 0.472. The molecule has 4 saturated carbocycles. The van der Waals surface area contributed by atoms with Crippen LogP contribution in [0.1, 0.15) is 70.8 Å².